The highest BCUT2D eigenvalue weighted by atomic mass is 16.4. The third-order valence-electron chi connectivity index (χ3n) is 16.4. The van der Waals surface area contributed by atoms with Crippen LogP contribution in [0.15, 0.2) is 109 Å². The lowest BCUT2D eigenvalue weighted by Crippen LogP contribution is -2.62. The fourth-order valence-electron chi connectivity index (χ4n) is 11.2. The fourth-order valence-corrected chi connectivity index (χ4v) is 11.2. The van der Waals surface area contributed by atoms with Crippen LogP contribution in [0.4, 0.5) is 0 Å². The smallest absolute Gasteiger partial charge is 0.305 e. The number of hydrogen-bond donors (Lipinski definition) is 15. The first kappa shape index (κ1) is 75.1. The van der Waals surface area contributed by atoms with Crippen LogP contribution in [0, 0.1) is 5.92 Å². The number of carboxylic acid groups (broad SMARTS) is 1. The molecule has 96 heavy (non-hydrogen) atoms. The summed E-state index contributed by atoms with van der Waals surface area (Å²) in [5.74, 6) is -12.6. The molecule has 0 spiro atoms. The summed E-state index contributed by atoms with van der Waals surface area (Å²) in [6, 6.07) is 12.8. The second-order valence-electron chi connectivity index (χ2n) is 24.4. The number of rotatable bonds is 22. The Bertz CT molecular complexity index is 3310. The number of nitrogens with two attached hydrogens (primary N) is 2. The van der Waals surface area contributed by atoms with Crippen molar-refractivity contribution >= 4 is 70.9 Å². The molecule has 2 fully saturated rings. The van der Waals surface area contributed by atoms with E-state index in [2.05, 4.69) is 53.2 Å². The monoisotopic (exact) mass is 1330 g/mol. The van der Waals surface area contributed by atoms with E-state index in [1.165, 1.54) is 53.4 Å². The van der Waals surface area contributed by atoms with Crippen LogP contribution >= 0.6 is 0 Å². The van der Waals surface area contributed by atoms with E-state index >= 15 is 9.59 Å². The molecule has 2 aliphatic rings. The van der Waals surface area contributed by atoms with E-state index < -0.39 is 150 Å². The average molecular weight is 1330 g/mol. The van der Waals surface area contributed by atoms with Gasteiger partial charge in [0.25, 0.3) is 0 Å². The molecular weight excluding hydrogens is 1240 g/mol. The van der Waals surface area contributed by atoms with E-state index in [0.717, 1.165) is 0 Å². The van der Waals surface area contributed by atoms with Gasteiger partial charge in [0, 0.05) is 38.8 Å². The van der Waals surface area contributed by atoms with Gasteiger partial charge in [-0.3, -0.25) is 57.5 Å². The van der Waals surface area contributed by atoms with Gasteiger partial charge in [0.1, 0.15) is 71.9 Å². The first-order chi connectivity index (χ1) is 46.0. The Hall–Kier alpha value is -9.96. The second-order valence-corrected chi connectivity index (χ2v) is 24.4. The molecule has 0 radical (unpaired) electrons. The Labute approximate surface area is 557 Å². The summed E-state index contributed by atoms with van der Waals surface area (Å²) in [5.41, 5.74) is 13.7. The number of amides is 11. The molecule has 0 aliphatic carbocycles. The lowest BCUT2D eigenvalue weighted by atomic mass is 9.99. The van der Waals surface area contributed by atoms with Crippen LogP contribution in [-0.2, 0) is 83.2 Å². The number of carbonyl (C=O) groups is 12. The normalized spacial score (nSPS) is 23.3. The lowest BCUT2D eigenvalue weighted by Gasteiger charge is -2.31. The lowest BCUT2D eigenvalue weighted by molar-refractivity contribution is -0.144. The van der Waals surface area contributed by atoms with Crippen molar-refractivity contribution < 1.29 is 72.9 Å². The minimum atomic E-state index is -1.88. The molecule has 2 aliphatic heterocycles. The highest BCUT2D eigenvalue weighted by molar-refractivity contribution is 6.01. The van der Waals surface area contributed by atoms with Crippen molar-refractivity contribution in [2.75, 3.05) is 26.2 Å². The molecule has 2 saturated heterocycles. The largest absolute Gasteiger partial charge is 0.508 e. The maximum atomic E-state index is 15.1. The molecule has 10 atom stereocenters. The van der Waals surface area contributed by atoms with Crippen LogP contribution in [0.25, 0.3) is 0 Å². The van der Waals surface area contributed by atoms with Crippen molar-refractivity contribution in [2.45, 2.75) is 171 Å². The van der Waals surface area contributed by atoms with E-state index in [0.29, 0.717) is 35.1 Å². The van der Waals surface area contributed by atoms with Crippen molar-refractivity contribution in [2.24, 2.45) is 17.4 Å². The fraction of sp³-hybridized carbons (Fsp3) is 0.471. The van der Waals surface area contributed by atoms with Gasteiger partial charge >= 0.3 is 5.97 Å². The van der Waals surface area contributed by atoms with Crippen LogP contribution in [0.3, 0.4) is 0 Å². The third kappa shape index (κ3) is 23.5. The van der Waals surface area contributed by atoms with Crippen molar-refractivity contribution in [3.05, 3.63) is 131 Å². The van der Waals surface area contributed by atoms with Crippen LogP contribution in [0.2, 0.25) is 0 Å². The van der Waals surface area contributed by atoms with Crippen molar-refractivity contribution in [3.8, 4) is 11.5 Å². The van der Waals surface area contributed by atoms with E-state index in [1.54, 1.807) is 81.4 Å². The molecule has 0 aromatic heterocycles. The Kier molecular flexibility index (Phi) is 29.6. The number of nitrogens with zero attached hydrogens (tertiary/aromatic N) is 1. The van der Waals surface area contributed by atoms with Crippen LogP contribution in [0.5, 0.6) is 11.5 Å². The van der Waals surface area contributed by atoms with Gasteiger partial charge < -0.3 is 84.9 Å². The number of fused-ring (bicyclic) bond motifs is 1. The quantitative estimate of drug-likeness (QED) is 0.0447. The molecule has 28 nitrogen and oxygen atoms in total. The zero-order chi connectivity index (χ0) is 69.8. The molecular formula is C68H91N13O15. The summed E-state index contributed by atoms with van der Waals surface area (Å²) in [6.07, 6.45) is -1.24. The number of nitrogens with one attached hydrogen (secondary N) is 10. The summed E-state index contributed by atoms with van der Waals surface area (Å²) in [5, 5.41) is 57.2. The van der Waals surface area contributed by atoms with Gasteiger partial charge in [-0.25, -0.2) is 0 Å². The molecule has 0 saturated carbocycles. The number of unbranched alkanes of at least 4 members (excludes halogenated alkanes) is 1. The molecule has 4 aromatic rings. The van der Waals surface area contributed by atoms with E-state index in [4.69, 9.17) is 11.5 Å². The van der Waals surface area contributed by atoms with Gasteiger partial charge in [-0.1, -0.05) is 106 Å². The Morgan fingerprint density at radius 2 is 0.865 bits per heavy atom. The highest BCUT2D eigenvalue weighted by Gasteiger charge is 2.42. The van der Waals surface area contributed by atoms with Gasteiger partial charge in [0.2, 0.25) is 65.0 Å². The summed E-state index contributed by atoms with van der Waals surface area (Å²) in [7, 11) is 0. The van der Waals surface area contributed by atoms with Crippen LogP contribution in [0.1, 0.15) is 107 Å². The van der Waals surface area contributed by atoms with Crippen molar-refractivity contribution in [3.63, 3.8) is 0 Å². The molecule has 28 heteroatoms. The third-order valence-corrected chi connectivity index (χ3v) is 16.4. The molecule has 6 rings (SSSR count). The number of carbonyl (C=O) groups excluding carboxylic acids is 11. The highest BCUT2D eigenvalue weighted by Crippen LogP contribution is 2.22. The molecule has 518 valence electrons. The molecule has 0 unspecified atom stereocenters. The molecule has 0 bridgehead atoms. The first-order valence-electron chi connectivity index (χ1n) is 32.5. The van der Waals surface area contributed by atoms with Crippen LogP contribution in [-0.4, -0.2) is 178 Å². The maximum Gasteiger partial charge on any atom is 0.305 e. The zero-order valence-corrected chi connectivity index (χ0v) is 54.3. The summed E-state index contributed by atoms with van der Waals surface area (Å²) < 4.78 is 0. The van der Waals surface area contributed by atoms with Crippen molar-refractivity contribution in [1.29, 1.82) is 0 Å². The Morgan fingerprint density at radius 1 is 0.479 bits per heavy atom. The minimum absolute atomic E-state index is 0.000827. The van der Waals surface area contributed by atoms with Crippen molar-refractivity contribution in [1.82, 2.24) is 58.1 Å². The number of benzene rings is 4. The van der Waals surface area contributed by atoms with Gasteiger partial charge in [0.05, 0.1) is 12.8 Å². The van der Waals surface area contributed by atoms with E-state index in [9.17, 15) is 63.3 Å². The van der Waals surface area contributed by atoms with Gasteiger partial charge in [-0.15, -0.1) is 0 Å². The maximum absolute atomic E-state index is 15.1. The SMILES string of the molecule is CCCNC(=O)C[C@@H]1NC(=O)[C@@H](CCCCN)NC(=O)[C@@H](Cc2ccccc2)NC(=O)[C@@H]2CCCN2C(=O)[C@@H](Cc2ccccc2)NC(=O)[C@H](CC(=O)O)NC(=O)[C@H](CCCN)NC(=O)[C@H](C(C)C)NC(=O)[C@H](Cc2ccc(O)cc2)NC(=O)[C@H](Cc2ccc(O)cc2)NC1=O. The number of hydrogen-bond acceptors (Lipinski definition) is 16. The van der Waals surface area contributed by atoms with E-state index in [1.807, 2.05) is 0 Å². The Morgan fingerprint density at radius 3 is 1.33 bits per heavy atom. The minimum Gasteiger partial charge on any atom is -0.508 e. The van der Waals surface area contributed by atoms with Crippen LogP contribution < -0.4 is 64.6 Å². The molecule has 2 heterocycles. The number of aromatic hydroxyl groups is 2. The van der Waals surface area contributed by atoms with Gasteiger partial charge in [-0.2, -0.15) is 0 Å². The summed E-state index contributed by atoms with van der Waals surface area (Å²) in [6.45, 7) is 5.33. The molecule has 4 aromatic carbocycles. The Balaban J connectivity index is 1.49. The molecule has 17 N–H and O–H groups in total. The standard InChI is InChI=1S/C68H91N13O15/c1-4-32-71-56(84)38-52-63(91)74-49(35-43-22-26-45(82)27-23-43)62(90)75-51(36-44-24-28-46(83)29-25-44)65(93)80-58(40(2)3)67(95)73-48(20-13-31-70)60(88)77-53(39-57(85)86)64(92)79-54(37-42-17-9-6-10-18-42)68(96)81-33-14-21-55(81)66(94)78-50(34-41-15-7-5-8-16-41)61(89)72-47(59(87)76-52)19-11-12-30-69/h5-10,15-18,22-29,40,47-55,58,82-83H,4,11-14,19-21,30-39,69-70H2,1-3H3,(H,71,84)(H,72,89)(H,73,95)(H,74,91)(H,75,90)(H,76,87)(H,77,88)(H,78,94)(H,79,92)(H,80,93)(H,85,86)/t47-,48+,49+,50-,51+,52+,53+,54-,55+,58+/m1/s1. The number of aliphatic carboxylic acids is 1. The topological polar surface area (TPSA) is 441 Å². The average Bonchev–Trinajstić information content (AvgIpc) is 1.26. The predicted octanol–water partition coefficient (Wildman–Crippen LogP) is -0.349. The summed E-state index contributed by atoms with van der Waals surface area (Å²) in [4.78, 5) is 176. The zero-order valence-electron chi connectivity index (χ0n) is 54.3. The second kappa shape index (κ2) is 37.8. The number of phenols is 2. The number of phenolic OH excluding ortho intramolecular Hbond substituents is 2. The molecule has 11 amide bonds. The van der Waals surface area contributed by atoms with E-state index in [-0.39, 0.29) is 102 Å². The predicted molar refractivity (Wildman–Crippen MR) is 352 cm³/mol. The first-order valence-corrected chi connectivity index (χ1v) is 32.5. The van der Waals surface area contributed by atoms with Gasteiger partial charge in [0.15, 0.2) is 0 Å². The number of carboxylic acids is 1. The summed E-state index contributed by atoms with van der Waals surface area (Å²) >= 11 is 0. The van der Waals surface area contributed by atoms with Gasteiger partial charge in [-0.05, 0) is 117 Å².